The first-order chi connectivity index (χ1) is 9.24. The molecule has 0 spiro atoms. The molecular weight excluding hydrogens is 292 g/mol. The summed E-state index contributed by atoms with van der Waals surface area (Å²) in [7, 11) is 0. The number of carbonyl (C=O) groups excluding carboxylic acids is 1. The fourth-order valence-corrected chi connectivity index (χ4v) is 3.55. The summed E-state index contributed by atoms with van der Waals surface area (Å²) < 4.78 is 0. The number of hydrogen-bond acceptors (Lipinski definition) is 3. The largest absolute Gasteiger partial charge is 0.397 e. The molecule has 0 saturated carbocycles. The number of amides is 1. The molecule has 0 aliphatic heterocycles. The Kier molecular flexibility index (Phi) is 4.68. The van der Waals surface area contributed by atoms with Crippen LogP contribution in [0.1, 0.15) is 33.0 Å². The van der Waals surface area contributed by atoms with E-state index in [4.69, 9.17) is 5.73 Å². The highest BCUT2D eigenvalue weighted by molar-refractivity contribution is 7.14. The van der Waals surface area contributed by atoms with Gasteiger partial charge in [-0.25, -0.2) is 0 Å². The van der Waals surface area contributed by atoms with Gasteiger partial charge < -0.3 is 11.1 Å². The molecule has 1 amide bonds. The van der Waals surface area contributed by atoms with Gasteiger partial charge in [0.25, 0.3) is 5.91 Å². The average molecular weight is 309 g/mol. The molecule has 1 aliphatic carbocycles. The zero-order valence-corrected chi connectivity index (χ0v) is 12.7. The fraction of sp³-hybridized carbons (Fsp3) is 0.267. The monoisotopic (exact) mass is 308 g/mol. The molecule has 0 radical (unpaired) electrons. The molecule has 20 heavy (non-hydrogen) atoms. The number of rotatable bonds is 2. The van der Waals surface area contributed by atoms with Crippen LogP contribution in [0.5, 0.6) is 0 Å². The predicted molar refractivity (Wildman–Crippen MR) is 87.0 cm³/mol. The van der Waals surface area contributed by atoms with Crippen LogP contribution in [0, 0.1) is 0 Å². The number of hydrogen-bond donors (Lipinski definition) is 2. The van der Waals surface area contributed by atoms with Crippen molar-refractivity contribution in [2.24, 2.45) is 0 Å². The first-order valence-electron chi connectivity index (χ1n) is 6.51. The van der Waals surface area contributed by atoms with Crippen LogP contribution >= 0.6 is 23.7 Å². The normalized spacial score (nSPS) is 13.2. The Morgan fingerprint density at radius 1 is 1.20 bits per heavy atom. The predicted octanol–water partition coefficient (Wildman–Crippen LogP) is 3.88. The molecule has 0 unspecified atom stereocenters. The van der Waals surface area contributed by atoms with E-state index in [1.807, 2.05) is 24.3 Å². The van der Waals surface area contributed by atoms with Crippen molar-refractivity contribution in [1.29, 1.82) is 0 Å². The summed E-state index contributed by atoms with van der Waals surface area (Å²) in [5.41, 5.74) is 8.46. The zero-order valence-electron chi connectivity index (χ0n) is 11.0. The number of benzene rings is 1. The second-order valence-corrected chi connectivity index (χ2v) is 5.94. The molecule has 1 heterocycles. The van der Waals surface area contributed by atoms with E-state index in [2.05, 4.69) is 5.32 Å². The highest BCUT2D eigenvalue weighted by Gasteiger charge is 2.17. The van der Waals surface area contributed by atoms with Crippen molar-refractivity contribution in [3.05, 3.63) is 45.6 Å². The third-order valence-electron chi connectivity index (χ3n) is 3.43. The maximum atomic E-state index is 12.2. The first kappa shape index (κ1) is 14.9. The number of para-hydroxylation sites is 2. The van der Waals surface area contributed by atoms with E-state index in [9.17, 15) is 4.79 Å². The van der Waals surface area contributed by atoms with Gasteiger partial charge in [0.1, 0.15) is 0 Å². The molecule has 1 aliphatic rings. The maximum absolute atomic E-state index is 12.2. The summed E-state index contributed by atoms with van der Waals surface area (Å²) >= 11 is 1.62. The van der Waals surface area contributed by atoms with Gasteiger partial charge in [-0.05, 0) is 49.4 Å². The Balaban J connectivity index is 0.00000147. The summed E-state index contributed by atoms with van der Waals surface area (Å²) in [6, 6.07) is 9.36. The lowest BCUT2D eigenvalue weighted by molar-refractivity contribution is 0.103. The highest BCUT2D eigenvalue weighted by atomic mass is 35.5. The van der Waals surface area contributed by atoms with Crippen LogP contribution in [0.4, 0.5) is 11.4 Å². The Hall–Kier alpha value is -1.52. The van der Waals surface area contributed by atoms with Crippen molar-refractivity contribution in [2.75, 3.05) is 11.1 Å². The molecule has 1 aromatic heterocycles. The molecule has 2 aromatic rings. The minimum absolute atomic E-state index is 0. The molecule has 106 valence electrons. The SMILES string of the molecule is Cl.Nc1ccccc1NC(=O)c1cc2c(s1)CCCC2. The van der Waals surface area contributed by atoms with Crippen molar-refractivity contribution < 1.29 is 4.79 Å². The summed E-state index contributed by atoms with van der Waals surface area (Å²) in [6.45, 7) is 0. The zero-order chi connectivity index (χ0) is 13.2. The Bertz CT molecular complexity index is 601. The van der Waals surface area contributed by atoms with Crippen LogP contribution in [0.15, 0.2) is 30.3 Å². The number of fused-ring (bicyclic) bond motifs is 1. The maximum Gasteiger partial charge on any atom is 0.265 e. The number of nitrogens with two attached hydrogens (primary N) is 1. The van der Waals surface area contributed by atoms with E-state index < -0.39 is 0 Å². The second-order valence-electron chi connectivity index (χ2n) is 4.81. The van der Waals surface area contributed by atoms with Gasteiger partial charge in [-0.1, -0.05) is 12.1 Å². The molecule has 0 fully saturated rings. The first-order valence-corrected chi connectivity index (χ1v) is 7.33. The molecule has 0 atom stereocenters. The number of carbonyl (C=O) groups is 1. The molecule has 3 N–H and O–H groups in total. The molecule has 3 nitrogen and oxygen atoms in total. The van der Waals surface area contributed by atoms with E-state index in [1.165, 1.54) is 23.3 Å². The number of nitrogens with one attached hydrogen (secondary N) is 1. The molecular formula is C15H17ClN2OS. The number of halogens is 1. The second kappa shape index (κ2) is 6.29. The smallest absolute Gasteiger partial charge is 0.265 e. The Labute approximate surface area is 128 Å². The lowest BCUT2D eigenvalue weighted by Gasteiger charge is -2.08. The van der Waals surface area contributed by atoms with Crippen LogP contribution in [0.3, 0.4) is 0 Å². The standard InChI is InChI=1S/C15H16N2OS.ClH/c16-11-6-2-3-7-12(11)17-15(18)14-9-10-5-1-4-8-13(10)19-14;/h2-3,6-7,9H,1,4-5,8,16H2,(H,17,18);1H. The summed E-state index contributed by atoms with van der Waals surface area (Å²) in [6.07, 6.45) is 4.68. The van der Waals surface area contributed by atoms with Crippen LogP contribution in [0.2, 0.25) is 0 Å². The van der Waals surface area contributed by atoms with Gasteiger partial charge in [0.2, 0.25) is 0 Å². The quantitative estimate of drug-likeness (QED) is 0.827. The average Bonchev–Trinajstić information content (AvgIpc) is 2.85. The van der Waals surface area contributed by atoms with Gasteiger partial charge in [-0.3, -0.25) is 4.79 Å². The van der Waals surface area contributed by atoms with Gasteiger partial charge in [0.05, 0.1) is 16.3 Å². The van der Waals surface area contributed by atoms with Crippen molar-refractivity contribution >= 4 is 41.0 Å². The number of aryl methyl sites for hydroxylation is 2. The minimum atomic E-state index is -0.0581. The Morgan fingerprint density at radius 2 is 1.95 bits per heavy atom. The summed E-state index contributed by atoms with van der Waals surface area (Å²) in [5.74, 6) is -0.0581. The lowest BCUT2D eigenvalue weighted by Crippen LogP contribution is -2.11. The van der Waals surface area contributed by atoms with E-state index in [1.54, 1.807) is 17.4 Å². The third kappa shape index (κ3) is 2.97. The molecule has 5 heteroatoms. The minimum Gasteiger partial charge on any atom is -0.397 e. The highest BCUT2D eigenvalue weighted by Crippen LogP contribution is 2.30. The molecule has 3 rings (SSSR count). The topological polar surface area (TPSA) is 55.1 Å². The van der Waals surface area contributed by atoms with Crippen molar-refractivity contribution in [3.63, 3.8) is 0 Å². The van der Waals surface area contributed by atoms with Crippen LogP contribution in [0.25, 0.3) is 0 Å². The molecule has 0 saturated heterocycles. The van der Waals surface area contributed by atoms with E-state index in [0.717, 1.165) is 17.7 Å². The lowest BCUT2D eigenvalue weighted by atomic mass is 9.99. The van der Waals surface area contributed by atoms with Gasteiger partial charge >= 0.3 is 0 Å². The molecule has 1 aromatic carbocycles. The van der Waals surface area contributed by atoms with Crippen LogP contribution in [-0.2, 0) is 12.8 Å². The number of anilines is 2. The van der Waals surface area contributed by atoms with Gasteiger partial charge in [-0.2, -0.15) is 0 Å². The fourth-order valence-electron chi connectivity index (χ4n) is 2.40. The van der Waals surface area contributed by atoms with E-state index in [-0.39, 0.29) is 18.3 Å². The van der Waals surface area contributed by atoms with E-state index >= 15 is 0 Å². The van der Waals surface area contributed by atoms with Crippen molar-refractivity contribution in [2.45, 2.75) is 25.7 Å². The van der Waals surface area contributed by atoms with Gasteiger partial charge in [0, 0.05) is 4.88 Å². The number of thiophene rings is 1. The summed E-state index contributed by atoms with van der Waals surface area (Å²) in [4.78, 5) is 14.4. The van der Waals surface area contributed by atoms with Gasteiger partial charge in [-0.15, -0.1) is 23.7 Å². The van der Waals surface area contributed by atoms with Crippen molar-refractivity contribution in [3.8, 4) is 0 Å². The van der Waals surface area contributed by atoms with Gasteiger partial charge in [0.15, 0.2) is 0 Å². The number of nitrogen functional groups attached to an aromatic ring is 1. The Morgan fingerprint density at radius 3 is 2.70 bits per heavy atom. The van der Waals surface area contributed by atoms with Crippen LogP contribution < -0.4 is 11.1 Å². The summed E-state index contributed by atoms with van der Waals surface area (Å²) in [5, 5.41) is 2.88. The van der Waals surface area contributed by atoms with Crippen molar-refractivity contribution in [1.82, 2.24) is 0 Å². The molecule has 0 bridgehead atoms. The third-order valence-corrected chi connectivity index (χ3v) is 4.67. The van der Waals surface area contributed by atoms with E-state index in [0.29, 0.717) is 11.4 Å². The van der Waals surface area contributed by atoms with Crippen LogP contribution in [-0.4, -0.2) is 5.91 Å².